The lowest BCUT2D eigenvalue weighted by atomic mass is 10.0. The molecule has 0 saturated carbocycles. The second-order valence-electron chi connectivity index (χ2n) is 10.2. The summed E-state index contributed by atoms with van der Waals surface area (Å²) in [5.74, 6) is -0.898. The third-order valence-corrected chi connectivity index (χ3v) is 7.96. The summed E-state index contributed by atoms with van der Waals surface area (Å²) in [6.45, 7) is 6.88. The number of rotatable bonds is 11. The summed E-state index contributed by atoms with van der Waals surface area (Å²) in [6.07, 6.45) is 1.28. The van der Waals surface area contributed by atoms with E-state index in [1.807, 2.05) is 64.1 Å². The fraction of sp³-hybridized carbons (Fsp3) is 0.333. The van der Waals surface area contributed by atoms with Gasteiger partial charge in [0, 0.05) is 29.1 Å². The van der Waals surface area contributed by atoms with Crippen LogP contribution in [0.3, 0.4) is 0 Å². The van der Waals surface area contributed by atoms with Crippen molar-refractivity contribution >= 4 is 50.7 Å². The lowest BCUT2D eigenvalue weighted by molar-refractivity contribution is -0.140. The summed E-state index contributed by atoms with van der Waals surface area (Å²) in [5.41, 5.74) is 3.52. The van der Waals surface area contributed by atoms with Crippen LogP contribution in [0.2, 0.25) is 10.0 Å². The summed E-state index contributed by atoms with van der Waals surface area (Å²) in [7, 11) is -3.85. The number of carbonyl (C=O) groups is 2. The molecule has 0 spiro atoms. The van der Waals surface area contributed by atoms with Gasteiger partial charge in [0.1, 0.15) is 12.6 Å². The van der Waals surface area contributed by atoms with E-state index in [4.69, 9.17) is 23.2 Å². The van der Waals surface area contributed by atoms with E-state index >= 15 is 0 Å². The second-order valence-corrected chi connectivity index (χ2v) is 13.0. The number of nitrogens with zero attached hydrogens (tertiary/aromatic N) is 2. The van der Waals surface area contributed by atoms with Gasteiger partial charge in [-0.1, -0.05) is 65.7 Å². The number of sulfonamides is 1. The highest BCUT2D eigenvalue weighted by Crippen LogP contribution is 2.26. The SMILES string of the molecule is Cc1cc(C)cc(N(CC(=O)N(Cc2ccc(Cl)cc2Cl)[C@@H](Cc2ccccc2)C(=O)NC(C)C)S(C)(=O)=O)c1. The van der Waals surface area contributed by atoms with Crippen LogP contribution < -0.4 is 9.62 Å². The predicted octanol–water partition coefficient (Wildman–Crippen LogP) is 5.54. The summed E-state index contributed by atoms with van der Waals surface area (Å²) in [6, 6.07) is 18.5. The molecule has 1 atom stereocenters. The zero-order chi connectivity index (χ0) is 29.6. The maximum absolute atomic E-state index is 14.1. The minimum Gasteiger partial charge on any atom is -0.352 e. The number of nitrogens with one attached hydrogen (secondary N) is 1. The number of hydrogen-bond acceptors (Lipinski definition) is 4. The zero-order valence-corrected chi connectivity index (χ0v) is 25.6. The van der Waals surface area contributed by atoms with Crippen molar-refractivity contribution in [3.8, 4) is 0 Å². The predicted molar refractivity (Wildman–Crippen MR) is 162 cm³/mol. The standard InChI is InChI=1S/C30H35Cl2N3O4S/c1-20(2)33-30(37)28(16-23-9-7-6-8-10-23)34(18-24-11-12-25(31)17-27(24)32)29(36)19-35(40(5,38)39)26-14-21(3)13-22(4)15-26/h6-15,17,20,28H,16,18-19H2,1-5H3,(H,33,37)/t28-/m0/s1. The number of carbonyl (C=O) groups excluding carboxylic acids is 2. The molecule has 0 aliphatic rings. The van der Waals surface area contributed by atoms with E-state index in [1.165, 1.54) is 4.90 Å². The molecule has 2 amide bonds. The first kappa shape index (κ1) is 31.5. The van der Waals surface area contributed by atoms with E-state index in [1.54, 1.807) is 30.3 Å². The lowest BCUT2D eigenvalue weighted by Gasteiger charge is -2.34. The number of aryl methyl sites for hydroxylation is 2. The molecule has 10 heteroatoms. The minimum atomic E-state index is -3.85. The highest BCUT2D eigenvalue weighted by atomic mass is 35.5. The topological polar surface area (TPSA) is 86.8 Å². The molecule has 3 aromatic rings. The van der Waals surface area contributed by atoms with Crippen LogP contribution in [0.4, 0.5) is 5.69 Å². The highest BCUT2D eigenvalue weighted by Gasteiger charge is 2.33. The molecule has 0 unspecified atom stereocenters. The van der Waals surface area contributed by atoms with Crippen LogP contribution in [-0.4, -0.2) is 50.0 Å². The average Bonchev–Trinajstić information content (AvgIpc) is 2.84. The Bertz CT molecular complexity index is 1440. The van der Waals surface area contributed by atoms with Crippen molar-refractivity contribution < 1.29 is 18.0 Å². The van der Waals surface area contributed by atoms with Crippen LogP contribution in [0, 0.1) is 13.8 Å². The van der Waals surface area contributed by atoms with Gasteiger partial charge in [-0.2, -0.15) is 0 Å². The molecular formula is C30H35Cl2N3O4S. The molecule has 0 aliphatic heterocycles. The van der Waals surface area contributed by atoms with Gasteiger partial charge < -0.3 is 10.2 Å². The lowest BCUT2D eigenvalue weighted by Crippen LogP contribution is -2.54. The second kappa shape index (κ2) is 13.5. The summed E-state index contributed by atoms with van der Waals surface area (Å²) >= 11 is 12.6. The number of benzene rings is 3. The molecule has 0 aromatic heterocycles. The molecule has 3 aromatic carbocycles. The number of hydrogen-bond donors (Lipinski definition) is 1. The van der Waals surface area contributed by atoms with Gasteiger partial charge in [0.2, 0.25) is 21.8 Å². The molecule has 0 aliphatic carbocycles. The van der Waals surface area contributed by atoms with Gasteiger partial charge in [-0.25, -0.2) is 8.42 Å². The molecule has 214 valence electrons. The number of halogens is 2. The molecule has 0 bridgehead atoms. The van der Waals surface area contributed by atoms with Gasteiger partial charge in [0.05, 0.1) is 11.9 Å². The van der Waals surface area contributed by atoms with E-state index in [2.05, 4.69) is 5.32 Å². The molecule has 1 N–H and O–H groups in total. The third-order valence-electron chi connectivity index (χ3n) is 6.23. The highest BCUT2D eigenvalue weighted by molar-refractivity contribution is 7.92. The molecule has 40 heavy (non-hydrogen) atoms. The molecular weight excluding hydrogens is 569 g/mol. The summed E-state index contributed by atoms with van der Waals surface area (Å²) in [4.78, 5) is 29.1. The van der Waals surface area contributed by atoms with Crippen LogP contribution in [0.15, 0.2) is 66.7 Å². The van der Waals surface area contributed by atoms with Crippen LogP contribution in [0.1, 0.15) is 36.1 Å². The Labute approximate surface area is 247 Å². The van der Waals surface area contributed by atoms with Crippen molar-refractivity contribution in [1.82, 2.24) is 10.2 Å². The van der Waals surface area contributed by atoms with E-state index in [0.29, 0.717) is 21.3 Å². The summed E-state index contributed by atoms with van der Waals surface area (Å²) < 4.78 is 27.0. The van der Waals surface area contributed by atoms with Gasteiger partial charge in [0.15, 0.2) is 0 Å². The first-order valence-corrected chi connectivity index (χ1v) is 15.5. The summed E-state index contributed by atoms with van der Waals surface area (Å²) in [5, 5.41) is 3.69. The Kier molecular flexibility index (Phi) is 10.6. The maximum Gasteiger partial charge on any atom is 0.244 e. The fourth-order valence-electron chi connectivity index (χ4n) is 4.48. The maximum atomic E-state index is 14.1. The van der Waals surface area contributed by atoms with E-state index in [0.717, 1.165) is 27.3 Å². The Morgan fingerprint density at radius 2 is 1.55 bits per heavy atom. The normalized spacial score (nSPS) is 12.2. The minimum absolute atomic E-state index is 0.0255. The number of amides is 2. The molecule has 0 radical (unpaired) electrons. The molecule has 0 fully saturated rings. The fourth-order valence-corrected chi connectivity index (χ4v) is 5.78. The monoisotopic (exact) mass is 603 g/mol. The van der Waals surface area contributed by atoms with Gasteiger partial charge in [-0.15, -0.1) is 0 Å². The van der Waals surface area contributed by atoms with Crippen molar-refractivity contribution in [3.05, 3.63) is 99.0 Å². The molecule has 0 heterocycles. The van der Waals surface area contributed by atoms with Crippen molar-refractivity contribution in [2.45, 2.75) is 52.7 Å². The van der Waals surface area contributed by atoms with E-state index in [9.17, 15) is 18.0 Å². The average molecular weight is 605 g/mol. The van der Waals surface area contributed by atoms with Crippen molar-refractivity contribution in [1.29, 1.82) is 0 Å². The zero-order valence-electron chi connectivity index (χ0n) is 23.3. The Balaban J connectivity index is 2.10. The van der Waals surface area contributed by atoms with Crippen LogP contribution in [0.5, 0.6) is 0 Å². The molecule has 7 nitrogen and oxygen atoms in total. The van der Waals surface area contributed by atoms with Gasteiger partial charge in [-0.3, -0.25) is 13.9 Å². The first-order valence-electron chi connectivity index (χ1n) is 12.9. The Hall–Kier alpha value is -3.07. The molecule has 3 rings (SSSR count). The van der Waals surface area contributed by atoms with Gasteiger partial charge in [-0.05, 0) is 74.2 Å². The Morgan fingerprint density at radius 1 is 0.925 bits per heavy atom. The van der Waals surface area contributed by atoms with Crippen molar-refractivity contribution in [2.24, 2.45) is 0 Å². The van der Waals surface area contributed by atoms with Crippen LogP contribution in [-0.2, 0) is 32.6 Å². The number of anilines is 1. The van der Waals surface area contributed by atoms with Crippen molar-refractivity contribution in [3.63, 3.8) is 0 Å². The van der Waals surface area contributed by atoms with E-state index < -0.39 is 28.5 Å². The third kappa shape index (κ3) is 8.71. The molecule has 0 saturated heterocycles. The van der Waals surface area contributed by atoms with Crippen LogP contribution >= 0.6 is 23.2 Å². The Morgan fingerprint density at radius 3 is 2.10 bits per heavy atom. The van der Waals surface area contributed by atoms with Gasteiger partial charge >= 0.3 is 0 Å². The largest absolute Gasteiger partial charge is 0.352 e. The van der Waals surface area contributed by atoms with Crippen LogP contribution in [0.25, 0.3) is 0 Å². The van der Waals surface area contributed by atoms with Crippen molar-refractivity contribution in [2.75, 3.05) is 17.1 Å². The van der Waals surface area contributed by atoms with E-state index in [-0.39, 0.29) is 24.9 Å². The van der Waals surface area contributed by atoms with Gasteiger partial charge in [0.25, 0.3) is 0 Å². The smallest absolute Gasteiger partial charge is 0.244 e. The first-order chi connectivity index (χ1) is 18.7. The quantitative estimate of drug-likeness (QED) is 0.312.